The Morgan fingerprint density at radius 1 is 0.250 bits per heavy atom. The Labute approximate surface area is 567 Å². The molecular weight excluding hydrogens is 1120 g/mol. The van der Waals surface area contributed by atoms with Crippen molar-refractivity contribution < 1.29 is 24.2 Å². The number of esters is 2. The Bertz CT molecular complexity index is 2170. The molecule has 0 heterocycles. The van der Waals surface area contributed by atoms with Crippen molar-refractivity contribution in [2.75, 3.05) is 13.2 Å². The predicted molar refractivity (Wildman–Crippen MR) is 407 cm³/mol. The van der Waals surface area contributed by atoms with Crippen molar-refractivity contribution in [1.82, 2.24) is 0 Å². The summed E-state index contributed by atoms with van der Waals surface area (Å²) in [6, 6.07) is 0. The summed E-state index contributed by atoms with van der Waals surface area (Å²) in [5.74, 6) is -0.611. The molecule has 92 heavy (non-hydrogen) atoms. The summed E-state index contributed by atoms with van der Waals surface area (Å²) in [5.41, 5.74) is 0. The van der Waals surface area contributed by atoms with Crippen LogP contribution in [0.5, 0.6) is 0 Å². The van der Waals surface area contributed by atoms with Gasteiger partial charge in [0, 0.05) is 12.8 Å². The number of carbonyl (C=O) groups excluding carboxylic acids is 2. The van der Waals surface area contributed by atoms with Crippen LogP contribution in [0, 0.1) is 0 Å². The molecule has 514 valence electrons. The Kier molecular flexibility index (Phi) is 74.5. The molecule has 0 aromatic rings. The minimum absolute atomic E-state index is 0.0818. The molecule has 0 aliphatic heterocycles. The van der Waals surface area contributed by atoms with Gasteiger partial charge in [-0.1, -0.05) is 348 Å². The van der Waals surface area contributed by atoms with Crippen molar-refractivity contribution in [3.8, 4) is 0 Å². The maximum absolute atomic E-state index is 12.4. The van der Waals surface area contributed by atoms with Crippen molar-refractivity contribution >= 4 is 11.9 Å². The molecule has 0 amide bonds. The van der Waals surface area contributed by atoms with E-state index in [4.69, 9.17) is 9.47 Å². The molecule has 0 rings (SSSR count). The number of ether oxygens (including phenoxy) is 2. The predicted octanol–water partition coefficient (Wildman–Crippen LogP) is 26.6. The summed E-state index contributed by atoms with van der Waals surface area (Å²) in [6.07, 6.45) is 128. The van der Waals surface area contributed by atoms with Crippen LogP contribution in [-0.2, 0) is 19.1 Å². The lowest BCUT2D eigenvalue weighted by molar-refractivity contribution is -0.161. The average Bonchev–Trinajstić information content (AvgIpc) is 3.64. The van der Waals surface area contributed by atoms with E-state index >= 15 is 0 Å². The van der Waals surface area contributed by atoms with E-state index in [1.54, 1.807) is 0 Å². The monoisotopic (exact) mass is 1260 g/mol. The van der Waals surface area contributed by atoms with Crippen LogP contribution in [0.3, 0.4) is 0 Å². The molecule has 0 fully saturated rings. The van der Waals surface area contributed by atoms with Crippen molar-refractivity contribution in [3.05, 3.63) is 219 Å². The van der Waals surface area contributed by atoms with Crippen LogP contribution in [0.15, 0.2) is 219 Å². The van der Waals surface area contributed by atoms with Crippen LogP contribution in [0.2, 0.25) is 0 Å². The first-order valence-corrected chi connectivity index (χ1v) is 37.3. The largest absolute Gasteiger partial charge is 0.462 e. The summed E-state index contributed by atoms with van der Waals surface area (Å²) in [5, 5.41) is 9.72. The lowest BCUT2D eigenvalue weighted by Gasteiger charge is -2.15. The molecule has 0 aliphatic rings. The average molecular weight is 1260 g/mol. The summed E-state index contributed by atoms with van der Waals surface area (Å²) in [4.78, 5) is 24.7. The maximum Gasteiger partial charge on any atom is 0.306 e. The van der Waals surface area contributed by atoms with Gasteiger partial charge in [0.05, 0.1) is 6.61 Å². The van der Waals surface area contributed by atoms with E-state index in [-0.39, 0.29) is 25.2 Å². The minimum atomic E-state index is -0.795. The zero-order chi connectivity index (χ0) is 66.1. The molecular formula is C87H136O5. The molecule has 5 nitrogen and oxygen atoms in total. The molecule has 1 N–H and O–H groups in total. The van der Waals surface area contributed by atoms with Crippen LogP contribution in [0.25, 0.3) is 0 Å². The summed E-state index contributed by atoms with van der Waals surface area (Å²) >= 11 is 0. The van der Waals surface area contributed by atoms with Gasteiger partial charge in [-0.2, -0.15) is 0 Å². The first-order valence-electron chi connectivity index (χ1n) is 37.3. The molecule has 0 aromatic heterocycles. The Hall–Kier alpha value is -5.78. The SMILES string of the molecule is CC/C=C\C/C=C\C/C=C\C/C=C\C/C=C\C/C=C\C/C=C\C/C=C\C/C=C\C/C=C\C/C=C\CCCCCCCCCC(=O)OC(CO)COC(=O)CCCCCCCCCCCCCCCCC/C=C\C/C=C\C/C=C\C/C=C\C/C=C\C/C=C\C/C=C\CC. The van der Waals surface area contributed by atoms with Gasteiger partial charge < -0.3 is 14.6 Å². The first kappa shape index (κ1) is 86.2. The molecule has 1 unspecified atom stereocenters. The second-order valence-electron chi connectivity index (χ2n) is 23.9. The van der Waals surface area contributed by atoms with E-state index in [1.165, 1.54) is 109 Å². The maximum atomic E-state index is 12.4. The fourth-order valence-corrected chi connectivity index (χ4v) is 9.78. The lowest BCUT2D eigenvalue weighted by atomic mass is 10.0. The highest BCUT2D eigenvalue weighted by Gasteiger charge is 2.16. The van der Waals surface area contributed by atoms with E-state index in [9.17, 15) is 14.7 Å². The van der Waals surface area contributed by atoms with E-state index in [0.29, 0.717) is 12.8 Å². The van der Waals surface area contributed by atoms with Crippen LogP contribution >= 0.6 is 0 Å². The Morgan fingerprint density at radius 2 is 0.435 bits per heavy atom. The van der Waals surface area contributed by atoms with Gasteiger partial charge in [0.25, 0.3) is 0 Å². The smallest absolute Gasteiger partial charge is 0.306 e. The number of allylic oxidation sites excluding steroid dienone is 36. The first-order chi connectivity index (χ1) is 45.6. The van der Waals surface area contributed by atoms with Crippen molar-refractivity contribution in [2.24, 2.45) is 0 Å². The van der Waals surface area contributed by atoms with E-state index in [2.05, 4.69) is 233 Å². The molecule has 1 atom stereocenters. The van der Waals surface area contributed by atoms with E-state index in [1.807, 2.05) is 0 Å². The van der Waals surface area contributed by atoms with E-state index < -0.39 is 6.10 Å². The summed E-state index contributed by atoms with van der Waals surface area (Å²) in [7, 11) is 0. The number of hydrogen-bond donors (Lipinski definition) is 1. The number of rotatable bonds is 66. The van der Waals surface area contributed by atoms with Gasteiger partial charge in [0.15, 0.2) is 6.10 Å². The van der Waals surface area contributed by atoms with Gasteiger partial charge in [-0.05, 0) is 154 Å². The zero-order valence-electron chi connectivity index (χ0n) is 59.0. The minimum Gasteiger partial charge on any atom is -0.462 e. The highest BCUT2D eigenvalue weighted by atomic mass is 16.6. The molecule has 0 aromatic carbocycles. The van der Waals surface area contributed by atoms with Crippen molar-refractivity contribution in [1.29, 1.82) is 0 Å². The summed E-state index contributed by atoms with van der Waals surface area (Å²) < 4.78 is 10.8. The normalized spacial score (nSPS) is 13.6. The van der Waals surface area contributed by atoms with Crippen LogP contribution in [0.4, 0.5) is 0 Å². The van der Waals surface area contributed by atoms with Gasteiger partial charge >= 0.3 is 11.9 Å². The second-order valence-corrected chi connectivity index (χ2v) is 23.9. The zero-order valence-corrected chi connectivity index (χ0v) is 59.0. The lowest BCUT2D eigenvalue weighted by Crippen LogP contribution is -2.28. The number of carbonyl (C=O) groups is 2. The quantitative estimate of drug-likeness (QED) is 0.0373. The summed E-state index contributed by atoms with van der Waals surface area (Å²) in [6.45, 7) is 3.90. The molecule has 0 radical (unpaired) electrons. The van der Waals surface area contributed by atoms with Gasteiger partial charge in [0.2, 0.25) is 0 Å². The van der Waals surface area contributed by atoms with Crippen molar-refractivity contribution in [3.63, 3.8) is 0 Å². The Balaban J connectivity index is 3.59. The molecule has 5 heteroatoms. The number of unbranched alkanes of at least 4 members (excludes halogenated alkanes) is 22. The number of aliphatic hydroxyl groups is 1. The number of hydrogen-bond acceptors (Lipinski definition) is 5. The molecule has 0 spiro atoms. The van der Waals surface area contributed by atoms with Crippen LogP contribution < -0.4 is 0 Å². The highest BCUT2D eigenvalue weighted by molar-refractivity contribution is 5.70. The highest BCUT2D eigenvalue weighted by Crippen LogP contribution is 2.16. The topological polar surface area (TPSA) is 72.8 Å². The fraction of sp³-hybridized carbons (Fsp3) is 0.563. The third kappa shape index (κ3) is 76.7. The van der Waals surface area contributed by atoms with Gasteiger partial charge in [-0.15, -0.1) is 0 Å². The second kappa shape index (κ2) is 79.5. The molecule has 0 bridgehead atoms. The third-order valence-electron chi connectivity index (χ3n) is 15.3. The third-order valence-corrected chi connectivity index (χ3v) is 15.3. The van der Waals surface area contributed by atoms with Gasteiger partial charge in [0.1, 0.15) is 6.61 Å². The Morgan fingerprint density at radius 3 is 0.652 bits per heavy atom. The van der Waals surface area contributed by atoms with Gasteiger partial charge in [-0.25, -0.2) is 0 Å². The van der Waals surface area contributed by atoms with Crippen molar-refractivity contribution in [2.45, 2.75) is 302 Å². The van der Waals surface area contributed by atoms with Gasteiger partial charge in [-0.3, -0.25) is 9.59 Å². The molecule has 0 saturated heterocycles. The van der Waals surface area contributed by atoms with E-state index in [0.717, 1.165) is 161 Å². The fourth-order valence-electron chi connectivity index (χ4n) is 9.78. The van der Waals surface area contributed by atoms with Crippen LogP contribution in [-0.4, -0.2) is 36.4 Å². The molecule has 0 saturated carbocycles. The van der Waals surface area contributed by atoms with Crippen LogP contribution in [0.1, 0.15) is 296 Å². The molecule has 0 aliphatic carbocycles. The standard InChI is InChI=1S/C87H136O5/c1-3-5-7-9-11-13-15-17-19-21-23-25-27-29-31-33-35-37-39-41-42-43-44-46-48-50-52-54-56-58-60-62-64-66-68-70-72-74-76-78-80-82-87(90)92-85(83-88)84-91-86(89)81-79-77-75-73-71-69-67-65-63-61-59-57-55-53-51-49-47-45-40-38-36-34-32-30-28-26-24-22-20-18-16-14-12-10-8-6-4-2/h5-8,11-14,17-20,23-26,29-32,35-38,41-42,44-47,50,52,56,58,62,64,85,88H,3-4,9-10,15-16,21-22,27-28,33-34,39-40,43,48-49,51,53-55,57,59-61,63,65-84H2,1-2H3/b7-5-,8-6-,13-11-,14-12-,19-17-,20-18-,25-23-,26-24-,31-29-,32-30-,37-35-,38-36-,42-41-,46-44-,47-45-,52-50-,58-56-,64-62-. The number of aliphatic hydroxyl groups excluding tert-OH is 1.